The molecule has 2 unspecified atom stereocenters. The SMILES string of the molecule is CC1CN(C)CCN1C(=O)C(Cl)c1ccccc1. The number of alkyl halides is 1. The van der Waals surface area contributed by atoms with Gasteiger partial charge < -0.3 is 9.80 Å². The molecule has 1 aliphatic rings. The molecule has 2 rings (SSSR count). The molecule has 0 N–H and O–H groups in total. The zero-order valence-corrected chi connectivity index (χ0v) is 11.6. The predicted octanol–water partition coefficient (Wildman–Crippen LogP) is 2.13. The molecule has 98 valence electrons. The van der Waals surface area contributed by atoms with Crippen LogP contribution in [-0.2, 0) is 4.79 Å². The van der Waals surface area contributed by atoms with E-state index in [1.54, 1.807) is 0 Å². The maximum absolute atomic E-state index is 12.4. The van der Waals surface area contributed by atoms with E-state index in [0.29, 0.717) is 0 Å². The molecule has 0 aliphatic carbocycles. The predicted molar refractivity (Wildman–Crippen MR) is 73.7 cm³/mol. The molecule has 1 fully saturated rings. The van der Waals surface area contributed by atoms with Gasteiger partial charge in [0.15, 0.2) is 0 Å². The van der Waals surface area contributed by atoms with E-state index in [1.807, 2.05) is 35.2 Å². The minimum atomic E-state index is -0.572. The molecule has 1 aliphatic heterocycles. The number of hydrogen-bond donors (Lipinski definition) is 0. The van der Waals surface area contributed by atoms with Gasteiger partial charge in [0.25, 0.3) is 0 Å². The molecule has 0 saturated carbocycles. The summed E-state index contributed by atoms with van der Waals surface area (Å²) >= 11 is 6.29. The van der Waals surface area contributed by atoms with Crippen LogP contribution in [0.1, 0.15) is 17.9 Å². The highest BCUT2D eigenvalue weighted by atomic mass is 35.5. The summed E-state index contributed by atoms with van der Waals surface area (Å²) in [5, 5.41) is -0.572. The van der Waals surface area contributed by atoms with E-state index in [2.05, 4.69) is 18.9 Å². The minimum absolute atomic E-state index is 0.0171. The van der Waals surface area contributed by atoms with Crippen molar-refractivity contribution in [3.8, 4) is 0 Å². The summed E-state index contributed by atoms with van der Waals surface area (Å²) in [6.07, 6.45) is 0. The number of amides is 1. The van der Waals surface area contributed by atoms with E-state index in [-0.39, 0.29) is 11.9 Å². The largest absolute Gasteiger partial charge is 0.336 e. The Morgan fingerprint density at radius 2 is 2.00 bits per heavy atom. The van der Waals surface area contributed by atoms with Crippen molar-refractivity contribution in [1.82, 2.24) is 9.80 Å². The molecule has 3 nitrogen and oxygen atoms in total. The molecule has 18 heavy (non-hydrogen) atoms. The Balaban J connectivity index is 2.07. The van der Waals surface area contributed by atoms with Gasteiger partial charge in [0, 0.05) is 25.7 Å². The van der Waals surface area contributed by atoms with E-state index < -0.39 is 5.38 Å². The molecule has 1 heterocycles. The standard InChI is InChI=1S/C14H19ClN2O/c1-11-10-16(2)8-9-17(11)14(18)13(15)12-6-4-3-5-7-12/h3-7,11,13H,8-10H2,1-2H3. The number of carbonyl (C=O) groups is 1. The third-order valence-corrected chi connectivity index (χ3v) is 3.86. The number of hydrogen-bond acceptors (Lipinski definition) is 2. The van der Waals surface area contributed by atoms with E-state index in [9.17, 15) is 4.79 Å². The van der Waals surface area contributed by atoms with Gasteiger partial charge in [0.2, 0.25) is 5.91 Å². The van der Waals surface area contributed by atoms with Crippen LogP contribution in [0.2, 0.25) is 0 Å². The lowest BCUT2D eigenvalue weighted by Crippen LogP contribution is -2.53. The smallest absolute Gasteiger partial charge is 0.245 e. The molecule has 1 aromatic carbocycles. The highest BCUT2D eigenvalue weighted by Crippen LogP contribution is 2.24. The normalized spacial score (nSPS) is 22.8. The van der Waals surface area contributed by atoms with Crippen molar-refractivity contribution in [2.75, 3.05) is 26.7 Å². The minimum Gasteiger partial charge on any atom is -0.336 e. The van der Waals surface area contributed by atoms with Crippen molar-refractivity contribution in [2.45, 2.75) is 18.3 Å². The second-order valence-electron chi connectivity index (χ2n) is 4.92. The molecule has 0 bridgehead atoms. The van der Waals surface area contributed by atoms with Gasteiger partial charge in [-0.3, -0.25) is 4.79 Å². The molecule has 0 spiro atoms. The molecule has 1 saturated heterocycles. The molecular weight excluding hydrogens is 248 g/mol. The first-order valence-corrected chi connectivity index (χ1v) is 6.71. The van der Waals surface area contributed by atoms with Crippen LogP contribution < -0.4 is 0 Å². The molecule has 4 heteroatoms. The first-order chi connectivity index (χ1) is 8.59. The Bertz CT molecular complexity index is 410. The average Bonchev–Trinajstić information content (AvgIpc) is 2.38. The third kappa shape index (κ3) is 2.85. The average molecular weight is 267 g/mol. The Kier molecular flexibility index (Phi) is 4.25. The van der Waals surface area contributed by atoms with Gasteiger partial charge in [-0.2, -0.15) is 0 Å². The van der Waals surface area contributed by atoms with Gasteiger partial charge in [-0.1, -0.05) is 30.3 Å². The number of piperazine rings is 1. The van der Waals surface area contributed by atoms with Crippen molar-refractivity contribution in [2.24, 2.45) is 0 Å². The van der Waals surface area contributed by atoms with E-state index in [4.69, 9.17) is 11.6 Å². The van der Waals surface area contributed by atoms with E-state index >= 15 is 0 Å². The van der Waals surface area contributed by atoms with Gasteiger partial charge in [-0.15, -0.1) is 11.6 Å². The molecule has 1 aromatic rings. The number of rotatable bonds is 2. The van der Waals surface area contributed by atoms with Crippen LogP contribution >= 0.6 is 11.6 Å². The Hall–Kier alpha value is -1.06. The topological polar surface area (TPSA) is 23.6 Å². The molecule has 1 amide bonds. The van der Waals surface area contributed by atoms with Crippen LogP contribution in [0.5, 0.6) is 0 Å². The zero-order valence-electron chi connectivity index (χ0n) is 10.8. The number of likely N-dealkylation sites (N-methyl/N-ethyl adjacent to an activating group) is 1. The molecule has 2 atom stereocenters. The summed E-state index contributed by atoms with van der Waals surface area (Å²) in [5.41, 5.74) is 0.871. The first-order valence-electron chi connectivity index (χ1n) is 6.27. The van der Waals surface area contributed by atoms with Gasteiger partial charge in [0.1, 0.15) is 5.38 Å². The second-order valence-corrected chi connectivity index (χ2v) is 5.35. The zero-order chi connectivity index (χ0) is 13.1. The van der Waals surface area contributed by atoms with Gasteiger partial charge >= 0.3 is 0 Å². The summed E-state index contributed by atoms with van der Waals surface area (Å²) in [5.74, 6) is 0.0171. The van der Waals surface area contributed by atoms with E-state index in [0.717, 1.165) is 25.2 Å². The summed E-state index contributed by atoms with van der Waals surface area (Å²) in [6.45, 7) is 4.65. The monoisotopic (exact) mass is 266 g/mol. The highest BCUT2D eigenvalue weighted by molar-refractivity contribution is 6.30. The summed E-state index contributed by atoms with van der Waals surface area (Å²) < 4.78 is 0. The maximum atomic E-state index is 12.4. The fourth-order valence-electron chi connectivity index (χ4n) is 2.38. The van der Waals surface area contributed by atoms with Gasteiger partial charge in [-0.05, 0) is 19.5 Å². The van der Waals surface area contributed by atoms with Crippen LogP contribution in [0.15, 0.2) is 30.3 Å². The van der Waals surface area contributed by atoms with E-state index in [1.165, 1.54) is 0 Å². The third-order valence-electron chi connectivity index (χ3n) is 3.42. The van der Waals surface area contributed by atoms with Crippen molar-refractivity contribution in [3.63, 3.8) is 0 Å². The molecular formula is C14H19ClN2O. The molecule has 0 aromatic heterocycles. The number of nitrogens with zero attached hydrogens (tertiary/aromatic N) is 2. The van der Waals surface area contributed by atoms with Crippen LogP contribution in [0.3, 0.4) is 0 Å². The Morgan fingerprint density at radius 3 is 2.61 bits per heavy atom. The number of benzene rings is 1. The van der Waals surface area contributed by atoms with Crippen LogP contribution in [0.4, 0.5) is 0 Å². The lowest BCUT2D eigenvalue weighted by molar-refractivity contribution is -0.135. The highest BCUT2D eigenvalue weighted by Gasteiger charge is 2.30. The van der Waals surface area contributed by atoms with Crippen LogP contribution in [0.25, 0.3) is 0 Å². The quantitative estimate of drug-likeness (QED) is 0.766. The number of carbonyl (C=O) groups excluding carboxylic acids is 1. The van der Waals surface area contributed by atoms with Crippen LogP contribution in [0, 0.1) is 0 Å². The lowest BCUT2D eigenvalue weighted by Gasteiger charge is -2.39. The fourth-order valence-corrected chi connectivity index (χ4v) is 2.65. The molecule has 0 radical (unpaired) electrons. The van der Waals surface area contributed by atoms with Crippen molar-refractivity contribution < 1.29 is 4.79 Å². The first kappa shape index (κ1) is 13.4. The van der Waals surface area contributed by atoms with Crippen LogP contribution in [-0.4, -0.2) is 48.4 Å². The Morgan fingerprint density at radius 1 is 1.33 bits per heavy atom. The lowest BCUT2D eigenvalue weighted by atomic mass is 10.1. The van der Waals surface area contributed by atoms with Crippen molar-refractivity contribution in [3.05, 3.63) is 35.9 Å². The van der Waals surface area contributed by atoms with Gasteiger partial charge in [0.05, 0.1) is 0 Å². The van der Waals surface area contributed by atoms with Crippen molar-refractivity contribution in [1.29, 1.82) is 0 Å². The second kappa shape index (κ2) is 5.72. The fraction of sp³-hybridized carbons (Fsp3) is 0.500. The van der Waals surface area contributed by atoms with Crippen molar-refractivity contribution >= 4 is 17.5 Å². The maximum Gasteiger partial charge on any atom is 0.245 e. The van der Waals surface area contributed by atoms with Gasteiger partial charge in [-0.25, -0.2) is 0 Å². The Labute approximate surface area is 113 Å². The summed E-state index contributed by atoms with van der Waals surface area (Å²) in [7, 11) is 2.08. The summed E-state index contributed by atoms with van der Waals surface area (Å²) in [4.78, 5) is 16.5. The summed E-state index contributed by atoms with van der Waals surface area (Å²) in [6, 6.07) is 9.76. The number of halogens is 1.